The van der Waals surface area contributed by atoms with Crippen LogP contribution in [0.2, 0.25) is 0 Å². The molecule has 170 valence electrons. The fourth-order valence-corrected chi connectivity index (χ4v) is 6.13. The quantitative estimate of drug-likeness (QED) is 0.471. The highest BCUT2D eigenvalue weighted by atomic mass is 32.2. The highest BCUT2D eigenvalue weighted by Gasteiger charge is 2.39. The maximum Gasteiger partial charge on any atom is 0.269 e. The molecule has 0 radical (unpaired) electrons. The van der Waals surface area contributed by atoms with Crippen molar-refractivity contribution in [2.24, 2.45) is 4.99 Å². The third kappa shape index (κ3) is 4.47. The predicted molar refractivity (Wildman–Crippen MR) is 140 cm³/mol. The van der Waals surface area contributed by atoms with Gasteiger partial charge in [0, 0.05) is 24.6 Å². The Kier molecular flexibility index (Phi) is 6.17. The number of para-hydroxylation sites is 1. The number of fused-ring (bicyclic) bond motifs is 1. The van der Waals surface area contributed by atoms with Gasteiger partial charge in [-0.2, -0.15) is 0 Å². The lowest BCUT2D eigenvalue weighted by Crippen LogP contribution is -2.29. The van der Waals surface area contributed by atoms with E-state index in [0.29, 0.717) is 28.0 Å². The number of carbonyl (C=O) groups excluding carboxylic acids is 2. The van der Waals surface area contributed by atoms with Gasteiger partial charge in [0.15, 0.2) is 5.17 Å². The van der Waals surface area contributed by atoms with Crippen LogP contribution in [0.5, 0.6) is 0 Å². The van der Waals surface area contributed by atoms with Crippen LogP contribution in [0.15, 0.2) is 98.7 Å². The summed E-state index contributed by atoms with van der Waals surface area (Å²) in [6.45, 7) is 1.90. The van der Waals surface area contributed by atoms with Crippen LogP contribution in [0, 0.1) is 0 Å². The molecule has 0 spiro atoms. The summed E-state index contributed by atoms with van der Waals surface area (Å²) in [5, 5.41) is 4.31. The summed E-state index contributed by atoms with van der Waals surface area (Å²) in [7, 11) is 1.99. The Balaban J connectivity index is 1.54. The minimum atomic E-state index is -0.145. The Morgan fingerprint density at radius 1 is 0.971 bits per heavy atom. The van der Waals surface area contributed by atoms with Gasteiger partial charge in [-0.15, -0.1) is 0 Å². The Labute approximate surface area is 206 Å². The fraction of sp³-hybridized carbons (Fsp3) is 0.115. The lowest BCUT2D eigenvalue weighted by molar-refractivity contribution is -0.122. The van der Waals surface area contributed by atoms with E-state index in [-0.39, 0.29) is 11.8 Å². The highest BCUT2D eigenvalue weighted by molar-refractivity contribution is 8.19. The van der Waals surface area contributed by atoms with E-state index in [1.165, 1.54) is 18.7 Å². The number of aliphatic imine (C=N–C) groups is 1. The van der Waals surface area contributed by atoms with Crippen LogP contribution in [0.3, 0.4) is 0 Å². The van der Waals surface area contributed by atoms with Crippen molar-refractivity contribution in [2.75, 3.05) is 17.3 Å². The predicted octanol–water partition coefficient (Wildman–Crippen LogP) is 5.82. The van der Waals surface area contributed by atoms with Gasteiger partial charge in [0.1, 0.15) is 4.91 Å². The molecule has 8 heteroatoms. The molecule has 1 fully saturated rings. The standard InChI is InChI=1S/C26H22N4O2S2/c1-17(31)27-19-11-8-12-20(15-19)28-26-30(16-18-9-4-3-5-10-18)24(32)23(34-26)25-29(2)21-13-6-7-14-22(21)33-25/h3-15H,16H2,1-2H3,(H,27,31)/b25-23-,28-26?. The number of nitrogens with one attached hydrogen (secondary N) is 1. The molecule has 0 aromatic heterocycles. The third-order valence-corrected chi connectivity index (χ3v) is 7.80. The summed E-state index contributed by atoms with van der Waals surface area (Å²) in [6.07, 6.45) is 0. The van der Waals surface area contributed by atoms with E-state index in [9.17, 15) is 9.59 Å². The average molecular weight is 487 g/mol. The van der Waals surface area contributed by atoms with E-state index in [1.807, 2.05) is 67.7 Å². The molecule has 0 aliphatic carbocycles. The molecule has 3 aromatic rings. The summed E-state index contributed by atoms with van der Waals surface area (Å²) in [6, 6.07) is 25.4. The number of hydrogen-bond acceptors (Lipinski definition) is 6. The van der Waals surface area contributed by atoms with Crippen LogP contribution >= 0.6 is 23.5 Å². The summed E-state index contributed by atoms with van der Waals surface area (Å²) >= 11 is 2.99. The zero-order valence-corrected chi connectivity index (χ0v) is 20.3. The van der Waals surface area contributed by atoms with Crippen molar-refractivity contribution in [3.05, 3.63) is 94.4 Å². The second-order valence-electron chi connectivity index (χ2n) is 7.87. The second-order valence-corrected chi connectivity index (χ2v) is 9.88. The lowest BCUT2D eigenvalue weighted by atomic mass is 10.2. The molecular weight excluding hydrogens is 464 g/mol. The molecule has 1 N–H and O–H groups in total. The van der Waals surface area contributed by atoms with Crippen molar-refractivity contribution >= 4 is 57.6 Å². The normalized spacial score (nSPS) is 18.5. The molecule has 34 heavy (non-hydrogen) atoms. The minimum absolute atomic E-state index is 0.0622. The molecule has 6 nitrogen and oxygen atoms in total. The van der Waals surface area contributed by atoms with Gasteiger partial charge in [0.2, 0.25) is 5.91 Å². The van der Waals surface area contributed by atoms with Crippen molar-refractivity contribution in [3.8, 4) is 0 Å². The molecule has 3 aromatic carbocycles. The summed E-state index contributed by atoms with van der Waals surface area (Å²) in [5.41, 5.74) is 3.45. The molecule has 0 atom stereocenters. The SMILES string of the molecule is CC(=O)Nc1cccc(N=C2S/C(=C3\Sc4ccccc4N3C)C(=O)N2Cc2ccccc2)c1. The summed E-state index contributed by atoms with van der Waals surface area (Å²) < 4.78 is 0. The molecule has 2 heterocycles. The molecular formula is C26H22N4O2S2. The zero-order chi connectivity index (χ0) is 23.7. The topological polar surface area (TPSA) is 65.0 Å². The van der Waals surface area contributed by atoms with E-state index in [1.54, 1.807) is 22.7 Å². The van der Waals surface area contributed by atoms with Crippen molar-refractivity contribution in [1.82, 2.24) is 4.90 Å². The van der Waals surface area contributed by atoms with Gasteiger partial charge in [-0.25, -0.2) is 4.99 Å². The van der Waals surface area contributed by atoms with Crippen molar-refractivity contribution in [2.45, 2.75) is 18.4 Å². The number of rotatable bonds is 4. The first-order valence-corrected chi connectivity index (χ1v) is 12.4. The van der Waals surface area contributed by atoms with Gasteiger partial charge in [-0.3, -0.25) is 14.5 Å². The van der Waals surface area contributed by atoms with Crippen LogP contribution in [-0.2, 0) is 16.1 Å². The van der Waals surface area contributed by atoms with Gasteiger partial charge in [-0.05, 0) is 47.7 Å². The van der Waals surface area contributed by atoms with Crippen LogP contribution in [0.1, 0.15) is 12.5 Å². The molecule has 0 saturated carbocycles. The first-order chi connectivity index (χ1) is 16.5. The van der Waals surface area contributed by atoms with Gasteiger partial charge in [-0.1, -0.05) is 60.3 Å². The number of amidine groups is 1. The molecule has 2 amide bonds. The number of thioether (sulfide) groups is 2. The number of amides is 2. The number of hydrogen-bond donors (Lipinski definition) is 1. The van der Waals surface area contributed by atoms with Crippen LogP contribution < -0.4 is 10.2 Å². The van der Waals surface area contributed by atoms with E-state index >= 15 is 0 Å². The summed E-state index contributed by atoms with van der Waals surface area (Å²) in [4.78, 5) is 35.6. The highest BCUT2D eigenvalue weighted by Crippen LogP contribution is 2.50. The summed E-state index contributed by atoms with van der Waals surface area (Å²) in [5.74, 6) is -0.207. The van der Waals surface area contributed by atoms with Gasteiger partial charge < -0.3 is 10.2 Å². The minimum Gasteiger partial charge on any atom is -0.337 e. The van der Waals surface area contributed by atoms with Gasteiger partial charge in [0.25, 0.3) is 5.91 Å². The van der Waals surface area contributed by atoms with Gasteiger partial charge in [0.05, 0.1) is 22.9 Å². The molecule has 2 aliphatic heterocycles. The van der Waals surface area contributed by atoms with Crippen LogP contribution in [0.4, 0.5) is 17.1 Å². The van der Waals surface area contributed by atoms with E-state index in [2.05, 4.69) is 22.3 Å². The number of anilines is 2. The smallest absolute Gasteiger partial charge is 0.269 e. The number of benzene rings is 3. The maximum absolute atomic E-state index is 13.7. The molecule has 5 rings (SSSR count). The zero-order valence-electron chi connectivity index (χ0n) is 18.7. The first-order valence-electron chi connectivity index (χ1n) is 10.7. The first kappa shape index (κ1) is 22.3. The largest absolute Gasteiger partial charge is 0.337 e. The van der Waals surface area contributed by atoms with Crippen LogP contribution in [-0.4, -0.2) is 28.9 Å². The van der Waals surface area contributed by atoms with E-state index in [4.69, 9.17) is 4.99 Å². The molecule has 0 unspecified atom stereocenters. The molecule has 2 aliphatic rings. The van der Waals surface area contributed by atoms with E-state index < -0.39 is 0 Å². The lowest BCUT2D eigenvalue weighted by Gasteiger charge is -2.17. The van der Waals surface area contributed by atoms with E-state index in [0.717, 1.165) is 21.2 Å². The second kappa shape index (κ2) is 9.40. The number of carbonyl (C=O) groups is 2. The Hall–Kier alpha value is -3.49. The van der Waals surface area contributed by atoms with Crippen molar-refractivity contribution < 1.29 is 9.59 Å². The monoisotopic (exact) mass is 486 g/mol. The Bertz CT molecular complexity index is 1340. The number of nitrogens with zero attached hydrogens (tertiary/aromatic N) is 3. The fourth-order valence-electron chi connectivity index (χ4n) is 3.79. The van der Waals surface area contributed by atoms with Gasteiger partial charge >= 0.3 is 0 Å². The molecule has 1 saturated heterocycles. The Morgan fingerprint density at radius 2 is 1.74 bits per heavy atom. The average Bonchev–Trinajstić information content (AvgIpc) is 3.31. The molecule has 0 bridgehead atoms. The van der Waals surface area contributed by atoms with Crippen LogP contribution in [0.25, 0.3) is 0 Å². The van der Waals surface area contributed by atoms with Crippen molar-refractivity contribution in [3.63, 3.8) is 0 Å². The Morgan fingerprint density at radius 3 is 2.50 bits per heavy atom. The maximum atomic E-state index is 13.7. The third-order valence-electron chi connectivity index (χ3n) is 5.37. The van der Waals surface area contributed by atoms with Crippen molar-refractivity contribution in [1.29, 1.82) is 0 Å².